The first-order valence-electron chi connectivity index (χ1n) is 10.4. The molecule has 1 fully saturated rings. The number of halogens is 3. The number of ether oxygens (including phenoxy) is 3. The minimum Gasteiger partial charge on any atom is -0.486 e. The molecule has 2 aromatic carbocycles. The summed E-state index contributed by atoms with van der Waals surface area (Å²) in [5.41, 5.74) is -1.59. The summed E-state index contributed by atoms with van der Waals surface area (Å²) in [6, 6.07) is 8.48. The Kier molecular flexibility index (Phi) is 4.79. The first-order valence-corrected chi connectivity index (χ1v) is 10.4. The van der Waals surface area contributed by atoms with Crippen LogP contribution < -0.4 is 14.2 Å². The largest absolute Gasteiger partial charge is 0.486 e. The van der Waals surface area contributed by atoms with Crippen molar-refractivity contribution >= 4 is 11.7 Å². The van der Waals surface area contributed by atoms with Crippen LogP contribution in [0.2, 0.25) is 0 Å². The van der Waals surface area contributed by atoms with Gasteiger partial charge in [-0.25, -0.2) is 0 Å². The maximum absolute atomic E-state index is 13.5. The molecule has 0 bridgehead atoms. The summed E-state index contributed by atoms with van der Waals surface area (Å²) < 4.78 is 57.3. The Morgan fingerprint density at radius 3 is 2.44 bits per heavy atom. The van der Waals surface area contributed by atoms with E-state index in [-0.39, 0.29) is 49.6 Å². The van der Waals surface area contributed by atoms with Gasteiger partial charge in [-0.1, -0.05) is 6.07 Å². The number of amides is 1. The molecule has 3 aliphatic rings. The van der Waals surface area contributed by atoms with Crippen molar-refractivity contribution < 1.29 is 37.0 Å². The highest BCUT2D eigenvalue weighted by Gasteiger charge is 2.47. The second kappa shape index (κ2) is 7.43. The van der Waals surface area contributed by atoms with Crippen LogP contribution in [0.1, 0.15) is 45.5 Å². The van der Waals surface area contributed by atoms with E-state index in [1.165, 1.54) is 12.1 Å². The molecule has 3 heterocycles. The fraction of sp³-hybridized carbons (Fsp3) is 0.391. The maximum Gasteiger partial charge on any atom is 0.419 e. The number of hydrogen-bond acceptors (Lipinski definition) is 5. The Balaban J connectivity index is 1.34. The Labute approximate surface area is 181 Å². The van der Waals surface area contributed by atoms with Crippen molar-refractivity contribution in [3.63, 3.8) is 0 Å². The molecule has 3 aliphatic heterocycles. The van der Waals surface area contributed by atoms with Crippen LogP contribution in [-0.4, -0.2) is 48.5 Å². The van der Waals surface area contributed by atoms with Crippen molar-refractivity contribution in [1.29, 1.82) is 0 Å². The van der Waals surface area contributed by atoms with Crippen molar-refractivity contribution in [2.75, 3.05) is 26.3 Å². The van der Waals surface area contributed by atoms with Gasteiger partial charge in [0.1, 0.15) is 24.6 Å². The zero-order valence-electron chi connectivity index (χ0n) is 17.0. The molecule has 6 nitrogen and oxygen atoms in total. The van der Waals surface area contributed by atoms with E-state index in [9.17, 15) is 22.8 Å². The third-order valence-electron chi connectivity index (χ3n) is 6.17. The SMILES string of the molecule is O=C1CC2(CCN(C(=O)c3ccc4c(c3)OCCO4)CC2)Oc2c1cccc2C(F)(F)F. The number of piperidine rings is 1. The van der Waals surface area contributed by atoms with Gasteiger partial charge in [0, 0.05) is 31.5 Å². The average Bonchev–Trinajstić information content (AvgIpc) is 2.78. The number of carbonyl (C=O) groups is 2. The summed E-state index contributed by atoms with van der Waals surface area (Å²) in [6.45, 7) is 1.39. The minimum atomic E-state index is -4.63. The van der Waals surface area contributed by atoms with E-state index in [1.807, 2.05) is 0 Å². The lowest BCUT2D eigenvalue weighted by Gasteiger charge is -2.44. The molecule has 0 aromatic heterocycles. The second-order valence-electron chi connectivity index (χ2n) is 8.22. The van der Waals surface area contributed by atoms with Crippen molar-refractivity contribution in [2.24, 2.45) is 0 Å². The van der Waals surface area contributed by atoms with Gasteiger partial charge in [-0.05, 0) is 30.3 Å². The number of rotatable bonds is 1. The zero-order valence-corrected chi connectivity index (χ0v) is 17.0. The first kappa shape index (κ1) is 20.7. The van der Waals surface area contributed by atoms with Crippen molar-refractivity contribution in [3.05, 3.63) is 53.1 Å². The molecule has 1 amide bonds. The van der Waals surface area contributed by atoms with Gasteiger partial charge in [-0.2, -0.15) is 13.2 Å². The molecule has 1 saturated heterocycles. The van der Waals surface area contributed by atoms with E-state index in [1.54, 1.807) is 23.1 Å². The maximum atomic E-state index is 13.5. The molecule has 168 valence electrons. The van der Waals surface area contributed by atoms with Crippen molar-refractivity contribution in [3.8, 4) is 17.2 Å². The van der Waals surface area contributed by atoms with Gasteiger partial charge < -0.3 is 19.1 Å². The highest BCUT2D eigenvalue weighted by molar-refractivity contribution is 6.01. The monoisotopic (exact) mass is 447 g/mol. The first-order chi connectivity index (χ1) is 15.3. The van der Waals surface area contributed by atoms with Gasteiger partial charge in [0.2, 0.25) is 0 Å². The van der Waals surface area contributed by atoms with E-state index in [0.29, 0.717) is 30.3 Å². The quantitative estimate of drug-likeness (QED) is 0.658. The molecule has 0 N–H and O–H groups in total. The van der Waals surface area contributed by atoms with E-state index < -0.39 is 23.1 Å². The molecular formula is C23H20F3NO5. The number of benzene rings is 2. The highest BCUT2D eigenvalue weighted by atomic mass is 19.4. The van der Waals surface area contributed by atoms with E-state index in [0.717, 1.165) is 6.07 Å². The van der Waals surface area contributed by atoms with Gasteiger partial charge in [-0.3, -0.25) is 9.59 Å². The smallest absolute Gasteiger partial charge is 0.419 e. The number of ketones is 1. The molecular weight excluding hydrogens is 427 g/mol. The summed E-state index contributed by atoms with van der Waals surface area (Å²) in [5.74, 6) is 0.105. The predicted molar refractivity (Wildman–Crippen MR) is 106 cm³/mol. The van der Waals surface area contributed by atoms with Crippen LogP contribution in [0.5, 0.6) is 17.2 Å². The number of Topliss-reactive ketones (excluding diaryl/α,β-unsaturated/α-hetero) is 1. The average molecular weight is 447 g/mol. The topological polar surface area (TPSA) is 65.1 Å². The molecule has 2 aromatic rings. The van der Waals surface area contributed by atoms with Gasteiger partial charge >= 0.3 is 6.18 Å². The molecule has 0 radical (unpaired) electrons. The van der Waals surface area contributed by atoms with Crippen LogP contribution in [0.4, 0.5) is 13.2 Å². The van der Waals surface area contributed by atoms with Crippen LogP contribution in [0, 0.1) is 0 Å². The Bertz CT molecular complexity index is 1090. The van der Waals surface area contributed by atoms with Gasteiger partial charge in [0.05, 0.1) is 17.5 Å². The van der Waals surface area contributed by atoms with Crippen LogP contribution in [0.3, 0.4) is 0 Å². The lowest BCUT2D eigenvalue weighted by Crippen LogP contribution is -2.52. The second-order valence-corrected chi connectivity index (χ2v) is 8.22. The summed E-state index contributed by atoms with van der Waals surface area (Å²) in [4.78, 5) is 27.3. The third kappa shape index (κ3) is 3.55. The molecule has 0 unspecified atom stereocenters. The lowest BCUT2D eigenvalue weighted by atomic mass is 9.81. The van der Waals surface area contributed by atoms with E-state index >= 15 is 0 Å². The fourth-order valence-corrected chi connectivity index (χ4v) is 4.49. The fourth-order valence-electron chi connectivity index (χ4n) is 4.49. The highest BCUT2D eigenvalue weighted by Crippen LogP contribution is 2.46. The van der Waals surface area contributed by atoms with Crippen LogP contribution in [0.15, 0.2) is 36.4 Å². The summed E-state index contributed by atoms with van der Waals surface area (Å²) in [5, 5.41) is 0. The summed E-state index contributed by atoms with van der Waals surface area (Å²) >= 11 is 0. The molecule has 0 saturated carbocycles. The van der Waals surface area contributed by atoms with E-state index in [4.69, 9.17) is 14.2 Å². The molecule has 9 heteroatoms. The van der Waals surface area contributed by atoms with Crippen molar-refractivity contribution in [2.45, 2.75) is 31.0 Å². The lowest BCUT2D eigenvalue weighted by molar-refractivity contribution is -0.140. The number of likely N-dealkylation sites (tertiary alicyclic amines) is 1. The number of alkyl halides is 3. The Morgan fingerprint density at radius 2 is 1.72 bits per heavy atom. The summed E-state index contributed by atoms with van der Waals surface area (Å²) in [6.07, 6.45) is -4.10. The summed E-state index contributed by atoms with van der Waals surface area (Å²) in [7, 11) is 0. The number of hydrogen-bond donors (Lipinski definition) is 0. The van der Waals surface area contributed by atoms with Gasteiger partial charge in [0.15, 0.2) is 17.3 Å². The van der Waals surface area contributed by atoms with Gasteiger partial charge in [-0.15, -0.1) is 0 Å². The Hall–Kier alpha value is -3.23. The molecule has 1 spiro atoms. The number of para-hydroxylation sites is 1. The standard InChI is InChI=1S/C23H20F3NO5/c24-23(25,26)16-3-1-2-15-17(28)13-22(32-20(15)16)6-8-27(9-7-22)21(29)14-4-5-18-19(12-14)31-11-10-30-18/h1-5,12H,6-11,13H2. The van der Waals surface area contributed by atoms with Crippen LogP contribution in [0.25, 0.3) is 0 Å². The molecule has 0 atom stereocenters. The van der Waals surface area contributed by atoms with Crippen LogP contribution in [-0.2, 0) is 6.18 Å². The predicted octanol–water partition coefficient (Wildman–Crippen LogP) is 4.12. The molecule has 0 aliphatic carbocycles. The van der Waals surface area contributed by atoms with Crippen LogP contribution >= 0.6 is 0 Å². The Morgan fingerprint density at radius 1 is 1.00 bits per heavy atom. The molecule has 32 heavy (non-hydrogen) atoms. The normalized spacial score (nSPS) is 19.3. The van der Waals surface area contributed by atoms with E-state index in [2.05, 4.69) is 0 Å². The van der Waals surface area contributed by atoms with Crippen molar-refractivity contribution in [1.82, 2.24) is 4.90 Å². The number of carbonyl (C=O) groups excluding carboxylic acids is 2. The molecule has 5 rings (SSSR count). The number of fused-ring (bicyclic) bond motifs is 2. The minimum absolute atomic E-state index is 0.00658. The van der Waals surface area contributed by atoms with Gasteiger partial charge in [0.25, 0.3) is 5.91 Å². The zero-order chi connectivity index (χ0) is 22.5. The number of nitrogens with zero attached hydrogens (tertiary/aromatic N) is 1. The third-order valence-corrected chi connectivity index (χ3v) is 6.17.